The average molecular weight is 266 g/mol. The van der Waals surface area contributed by atoms with Gasteiger partial charge in [0, 0.05) is 29.9 Å². The lowest BCUT2D eigenvalue weighted by Crippen LogP contribution is -2.08. The number of non-ortho nitro benzene ring substituents is 1. The predicted octanol–water partition coefficient (Wildman–Crippen LogP) is 3.02. The van der Waals surface area contributed by atoms with E-state index in [-0.39, 0.29) is 5.69 Å². The molecule has 1 aromatic heterocycles. The molecule has 0 amide bonds. The number of allylic oxidation sites excluding steroid dienone is 3. The van der Waals surface area contributed by atoms with E-state index in [1.54, 1.807) is 35.6 Å². The highest BCUT2D eigenvalue weighted by Crippen LogP contribution is 2.23. The molecule has 0 aliphatic carbocycles. The van der Waals surface area contributed by atoms with E-state index in [9.17, 15) is 10.1 Å². The third-order valence-corrected chi connectivity index (χ3v) is 2.83. The number of nitrogens with zero attached hydrogens (tertiary/aromatic N) is 4. The van der Waals surface area contributed by atoms with Crippen molar-refractivity contribution in [2.45, 2.75) is 0 Å². The molecule has 20 heavy (non-hydrogen) atoms. The number of hydrogen-bond acceptors (Lipinski definition) is 5. The number of hydrazone groups is 1. The summed E-state index contributed by atoms with van der Waals surface area (Å²) in [5, 5.41) is 17.3. The third-order valence-electron chi connectivity index (χ3n) is 2.83. The Morgan fingerprint density at radius 2 is 2.00 bits per heavy atom. The zero-order valence-electron chi connectivity index (χ0n) is 10.4. The molecule has 0 N–H and O–H groups in total. The van der Waals surface area contributed by atoms with Gasteiger partial charge in [-0.25, -0.2) is 9.99 Å². The SMILES string of the molecule is O=[N+]([O-])c1ccc2nc(N3C=CC=CC=N3)ccc2c1. The van der Waals surface area contributed by atoms with Crippen molar-refractivity contribution in [2.75, 3.05) is 5.01 Å². The lowest BCUT2D eigenvalue weighted by atomic mass is 10.2. The molecule has 0 saturated carbocycles. The van der Waals surface area contributed by atoms with Gasteiger partial charge in [-0.2, -0.15) is 5.10 Å². The molecule has 0 bridgehead atoms. The number of aromatic nitrogens is 1. The van der Waals surface area contributed by atoms with E-state index >= 15 is 0 Å². The molecule has 0 radical (unpaired) electrons. The molecule has 2 heterocycles. The maximum absolute atomic E-state index is 10.7. The van der Waals surface area contributed by atoms with Crippen LogP contribution in [0, 0.1) is 10.1 Å². The minimum atomic E-state index is -0.416. The average Bonchev–Trinajstić information content (AvgIpc) is 2.75. The topological polar surface area (TPSA) is 71.6 Å². The van der Waals surface area contributed by atoms with Crippen LogP contribution >= 0.6 is 0 Å². The molecule has 0 spiro atoms. The highest BCUT2D eigenvalue weighted by Gasteiger charge is 2.09. The van der Waals surface area contributed by atoms with Crippen molar-refractivity contribution < 1.29 is 4.92 Å². The van der Waals surface area contributed by atoms with Crippen LogP contribution in [0.5, 0.6) is 0 Å². The van der Waals surface area contributed by atoms with Gasteiger partial charge in [-0.3, -0.25) is 10.1 Å². The smallest absolute Gasteiger partial charge is 0.258 e. The van der Waals surface area contributed by atoms with Gasteiger partial charge < -0.3 is 0 Å². The number of fused-ring (bicyclic) bond motifs is 1. The number of hydrogen-bond donors (Lipinski definition) is 0. The van der Waals surface area contributed by atoms with Gasteiger partial charge in [0.1, 0.15) is 0 Å². The van der Waals surface area contributed by atoms with Crippen molar-refractivity contribution in [3.63, 3.8) is 0 Å². The summed E-state index contributed by atoms with van der Waals surface area (Å²) in [6.45, 7) is 0. The summed E-state index contributed by atoms with van der Waals surface area (Å²) < 4.78 is 0. The Bertz CT molecular complexity index is 749. The quantitative estimate of drug-likeness (QED) is 0.618. The summed E-state index contributed by atoms with van der Waals surface area (Å²) >= 11 is 0. The van der Waals surface area contributed by atoms with Gasteiger partial charge in [-0.1, -0.05) is 6.08 Å². The van der Waals surface area contributed by atoms with E-state index in [4.69, 9.17) is 0 Å². The van der Waals surface area contributed by atoms with E-state index in [1.165, 1.54) is 12.1 Å². The largest absolute Gasteiger partial charge is 0.270 e. The van der Waals surface area contributed by atoms with Crippen molar-refractivity contribution in [3.05, 3.63) is 64.9 Å². The van der Waals surface area contributed by atoms with Gasteiger partial charge in [0.15, 0.2) is 5.82 Å². The first-order valence-electron chi connectivity index (χ1n) is 5.96. The molecule has 6 nitrogen and oxygen atoms in total. The van der Waals surface area contributed by atoms with Gasteiger partial charge in [-0.15, -0.1) is 0 Å². The van der Waals surface area contributed by atoms with Gasteiger partial charge in [0.25, 0.3) is 5.69 Å². The van der Waals surface area contributed by atoms with E-state index in [0.717, 1.165) is 5.39 Å². The van der Waals surface area contributed by atoms with Crippen LogP contribution in [0.1, 0.15) is 0 Å². The second kappa shape index (κ2) is 4.93. The van der Waals surface area contributed by atoms with Gasteiger partial charge in [0.2, 0.25) is 0 Å². The minimum Gasteiger partial charge on any atom is -0.258 e. The molecule has 6 heteroatoms. The summed E-state index contributed by atoms with van der Waals surface area (Å²) in [5.74, 6) is 0.655. The van der Waals surface area contributed by atoms with E-state index in [0.29, 0.717) is 11.3 Å². The van der Waals surface area contributed by atoms with E-state index in [1.807, 2.05) is 18.2 Å². The van der Waals surface area contributed by atoms with Crippen LogP contribution in [-0.2, 0) is 0 Å². The second-order valence-corrected chi connectivity index (χ2v) is 4.14. The Balaban J connectivity index is 2.03. The summed E-state index contributed by atoms with van der Waals surface area (Å²) in [6.07, 6.45) is 9.00. The molecule has 98 valence electrons. The molecule has 1 aliphatic heterocycles. The summed E-state index contributed by atoms with van der Waals surface area (Å²) in [4.78, 5) is 14.8. The van der Waals surface area contributed by atoms with Crippen molar-refractivity contribution in [1.82, 2.24) is 4.98 Å². The van der Waals surface area contributed by atoms with E-state index < -0.39 is 4.92 Å². The first-order valence-corrected chi connectivity index (χ1v) is 5.96. The molecule has 0 saturated heterocycles. The third kappa shape index (κ3) is 2.26. The first-order chi connectivity index (χ1) is 9.74. The van der Waals surface area contributed by atoms with Crippen molar-refractivity contribution in [3.8, 4) is 0 Å². The highest BCUT2D eigenvalue weighted by molar-refractivity contribution is 5.83. The second-order valence-electron chi connectivity index (χ2n) is 4.14. The lowest BCUT2D eigenvalue weighted by molar-refractivity contribution is -0.384. The Kier molecular flexibility index (Phi) is 2.96. The molecule has 0 unspecified atom stereocenters. The van der Waals surface area contributed by atoms with Gasteiger partial charge in [0.05, 0.1) is 10.4 Å². The van der Waals surface area contributed by atoms with Crippen molar-refractivity contribution in [2.24, 2.45) is 5.10 Å². The highest BCUT2D eigenvalue weighted by atomic mass is 16.6. The van der Waals surface area contributed by atoms with Crippen LogP contribution in [-0.4, -0.2) is 16.1 Å². The molecule has 1 aromatic carbocycles. The van der Waals surface area contributed by atoms with E-state index in [2.05, 4.69) is 10.1 Å². The van der Waals surface area contributed by atoms with Crippen LogP contribution in [0.3, 0.4) is 0 Å². The van der Waals surface area contributed by atoms with Crippen molar-refractivity contribution >= 4 is 28.6 Å². The number of nitro groups is 1. The fraction of sp³-hybridized carbons (Fsp3) is 0. The summed E-state index contributed by atoms with van der Waals surface area (Å²) in [5.41, 5.74) is 0.748. The van der Waals surface area contributed by atoms with Crippen LogP contribution in [0.2, 0.25) is 0 Å². The van der Waals surface area contributed by atoms with Crippen LogP contribution < -0.4 is 5.01 Å². The Hall–Kier alpha value is -3.02. The maximum atomic E-state index is 10.7. The van der Waals surface area contributed by atoms with Gasteiger partial charge in [-0.05, 0) is 30.4 Å². The molecule has 0 fully saturated rings. The first kappa shape index (κ1) is 12.0. The summed E-state index contributed by atoms with van der Waals surface area (Å²) in [6, 6.07) is 8.17. The number of rotatable bonds is 2. The monoisotopic (exact) mass is 266 g/mol. The van der Waals surface area contributed by atoms with Crippen LogP contribution in [0.25, 0.3) is 10.9 Å². The Morgan fingerprint density at radius 3 is 2.85 bits per heavy atom. The van der Waals surface area contributed by atoms with Crippen LogP contribution in [0.4, 0.5) is 11.5 Å². The molecule has 2 aromatic rings. The van der Waals surface area contributed by atoms with Crippen LogP contribution in [0.15, 0.2) is 59.9 Å². The number of anilines is 1. The fourth-order valence-corrected chi connectivity index (χ4v) is 1.87. The molecule has 0 atom stereocenters. The zero-order valence-corrected chi connectivity index (χ0v) is 10.4. The number of nitro benzene ring substituents is 1. The fourth-order valence-electron chi connectivity index (χ4n) is 1.87. The lowest BCUT2D eigenvalue weighted by Gasteiger charge is -2.12. The van der Waals surface area contributed by atoms with Gasteiger partial charge >= 0.3 is 0 Å². The Morgan fingerprint density at radius 1 is 1.10 bits per heavy atom. The summed E-state index contributed by atoms with van der Waals surface area (Å²) in [7, 11) is 0. The van der Waals surface area contributed by atoms with Crippen molar-refractivity contribution in [1.29, 1.82) is 0 Å². The predicted molar refractivity (Wildman–Crippen MR) is 77.6 cm³/mol. The zero-order chi connectivity index (χ0) is 13.9. The number of benzene rings is 1. The molecule has 3 rings (SSSR count). The molecule has 1 aliphatic rings. The number of pyridine rings is 1. The molecular weight excluding hydrogens is 256 g/mol. The molecular formula is C14H10N4O2. The normalized spacial score (nSPS) is 13.7. The maximum Gasteiger partial charge on any atom is 0.270 e. The standard InChI is InChI=1S/C14H10N4O2/c19-18(20)12-5-6-13-11(10-12)4-7-14(16-13)17-9-3-1-2-8-15-17/h1-10H. The minimum absolute atomic E-state index is 0.0592. The Labute approximate surface area is 114 Å².